The van der Waals surface area contributed by atoms with Gasteiger partial charge >= 0.3 is 0 Å². The van der Waals surface area contributed by atoms with Crippen molar-refractivity contribution in [1.29, 1.82) is 0 Å². The van der Waals surface area contributed by atoms with E-state index in [9.17, 15) is 4.39 Å². The highest BCUT2D eigenvalue weighted by Gasteiger charge is 2.23. The maximum atomic E-state index is 13.6. The third-order valence-corrected chi connectivity index (χ3v) is 3.61. The molecule has 1 aromatic rings. The molecule has 2 heterocycles. The van der Waals surface area contributed by atoms with Gasteiger partial charge in [0.2, 0.25) is 0 Å². The van der Waals surface area contributed by atoms with Crippen LogP contribution in [0.15, 0.2) is 18.3 Å². The number of piperazine rings is 1. The van der Waals surface area contributed by atoms with E-state index in [1.165, 1.54) is 6.07 Å². The SMILES string of the molecule is CCC(CN)N1CCN(c2ncccc2F)CC1. The summed E-state index contributed by atoms with van der Waals surface area (Å²) in [5.74, 6) is 0.231. The standard InChI is InChI=1S/C13H21FN4/c1-2-11(10-15)17-6-8-18(9-7-17)13-12(14)4-3-5-16-13/h3-5,11H,2,6-10,15H2,1H3. The van der Waals surface area contributed by atoms with Gasteiger partial charge in [-0.3, -0.25) is 4.90 Å². The molecule has 0 spiro atoms. The zero-order valence-electron chi connectivity index (χ0n) is 10.8. The van der Waals surface area contributed by atoms with Crippen LogP contribution in [0.5, 0.6) is 0 Å². The van der Waals surface area contributed by atoms with Gasteiger partial charge in [0.15, 0.2) is 11.6 Å². The zero-order chi connectivity index (χ0) is 13.0. The van der Waals surface area contributed by atoms with Gasteiger partial charge < -0.3 is 10.6 Å². The fourth-order valence-corrected chi connectivity index (χ4v) is 2.48. The van der Waals surface area contributed by atoms with Crippen LogP contribution in [0.2, 0.25) is 0 Å². The minimum absolute atomic E-state index is 0.239. The molecular weight excluding hydrogens is 231 g/mol. The lowest BCUT2D eigenvalue weighted by Crippen LogP contribution is -2.52. The van der Waals surface area contributed by atoms with Gasteiger partial charge in [-0.2, -0.15) is 0 Å². The van der Waals surface area contributed by atoms with Crippen molar-refractivity contribution >= 4 is 5.82 Å². The lowest BCUT2D eigenvalue weighted by atomic mass is 10.1. The van der Waals surface area contributed by atoms with E-state index < -0.39 is 0 Å². The summed E-state index contributed by atoms with van der Waals surface area (Å²) in [6.45, 7) is 6.31. The number of aromatic nitrogens is 1. The molecule has 5 heteroatoms. The second-order valence-corrected chi connectivity index (χ2v) is 4.63. The highest BCUT2D eigenvalue weighted by atomic mass is 19.1. The van der Waals surface area contributed by atoms with Crippen LogP contribution < -0.4 is 10.6 Å². The van der Waals surface area contributed by atoms with Crippen LogP contribution in [0.3, 0.4) is 0 Å². The van der Waals surface area contributed by atoms with E-state index >= 15 is 0 Å². The van der Waals surface area contributed by atoms with Crippen molar-refractivity contribution in [1.82, 2.24) is 9.88 Å². The first-order valence-electron chi connectivity index (χ1n) is 6.55. The average molecular weight is 252 g/mol. The van der Waals surface area contributed by atoms with E-state index in [1.807, 2.05) is 4.90 Å². The van der Waals surface area contributed by atoms with Crippen molar-refractivity contribution in [2.45, 2.75) is 19.4 Å². The number of hydrogen-bond acceptors (Lipinski definition) is 4. The molecule has 0 bridgehead atoms. The molecule has 1 unspecified atom stereocenters. The number of nitrogens with two attached hydrogens (primary N) is 1. The molecule has 1 saturated heterocycles. The number of halogens is 1. The van der Waals surface area contributed by atoms with E-state index in [2.05, 4.69) is 16.8 Å². The fourth-order valence-electron chi connectivity index (χ4n) is 2.48. The van der Waals surface area contributed by atoms with Crippen molar-refractivity contribution in [2.24, 2.45) is 5.73 Å². The highest BCUT2D eigenvalue weighted by Crippen LogP contribution is 2.18. The Bertz CT molecular complexity index is 373. The molecule has 4 nitrogen and oxygen atoms in total. The summed E-state index contributed by atoms with van der Waals surface area (Å²) < 4.78 is 13.6. The van der Waals surface area contributed by atoms with Crippen molar-refractivity contribution in [3.63, 3.8) is 0 Å². The Labute approximate surface area is 108 Å². The van der Waals surface area contributed by atoms with Crippen molar-refractivity contribution in [2.75, 3.05) is 37.6 Å². The summed E-state index contributed by atoms with van der Waals surface area (Å²) in [6, 6.07) is 3.53. The van der Waals surface area contributed by atoms with E-state index in [-0.39, 0.29) is 5.82 Å². The molecule has 18 heavy (non-hydrogen) atoms. The fraction of sp³-hybridized carbons (Fsp3) is 0.615. The van der Waals surface area contributed by atoms with Gasteiger partial charge in [0, 0.05) is 45.0 Å². The maximum Gasteiger partial charge on any atom is 0.165 e. The number of nitrogens with zero attached hydrogens (tertiary/aromatic N) is 3. The van der Waals surface area contributed by atoms with E-state index in [4.69, 9.17) is 5.73 Å². The van der Waals surface area contributed by atoms with Crippen LogP contribution in [0.25, 0.3) is 0 Å². The van der Waals surface area contributed by atoms with Crippen LogP contribution in [0.4, 0.5) is 10.2 Å². The minimum atomic E-state index is -0.239. The molecule has 2 rings (SSSR count). The van der Waals surface area contributed by atoms with Gasteiger partial charge in [-0.05, 0) is 18.6 Å². The summed E-state index contributed by atoms with van der Waals surface area (Å²) in [5.41, 5.74) is 5.76. The van der Waals surface area contributed by atoms with Crippen LogP contribution in [0, 0.1) is 5.82 Å². The second kappa shape index (κ2) is 6.11. The molecule has 0 radical (unpaired) electrons. The molecule has 1 atom stereocenters. The van der Waals surface area contributed by atoms with Crippen LogP contribution in [-0.2, 0) is 0 Å². The molecule has 0 amide bonds. The predicted octanol–water partition coefficient (Wildman–Crippen LogP) is 1.08. The summed E-state index contributed by atoms with van der Waals surface area (Å²) in [4.78, 5) is 8.52. The molecule has 100 valence electrons. The van der Waals surface area contributed by atoms with Gasteiger partial charge in [-0.25, -0.2) is 9.37 Å². The third-order valence-electron chi connectivity index (χ3n) is 3.61. The minimum Gasteiger partial charge on any atom is -0.352 e. The van der Waals surface area contributed by atoms with Gasteiger partial charge in [0.05, 0.1) is 0 Å². The first kappa shape index (κ1) is 13.2. The summed E-state index contributed by atoms with van der Waals surface area (Å²) in [6.07, 6.45) is 2.70. The van der Waals surface area contributed by atoms with Gasteiger partial charge in [0.1, 0.15) is 0 Å². The molecule has 0 saturated carbocycles. The quantitative estimate of drug-likeness (QED) is 0.871. The summed E-state index contributed by atoms with van der Waals surface area (Å²) >= 11 is 0. The Morgan fingerprint density at radius 2 is 2.11 bits per heavy atom. The van der Waals surface area contributed by atoms with Crippen molar-refractivity contribution in [3.8, 4) is 0 Å². The zero-order valence-corrected chi connectivity index (χ0v) is 10.8. The van der Waals surface area contributed by atoms with Crippen molar-refractivity contribution < 1.29 is 4.39 Å². The molecule has 1 aliphatic rings. The molecule has 0 aliphatic carbocycles. The molecule has 1 aliphatic heterocycles. The first-order chi connectivity index (χ1) is 8.76. The molecule has 1 aromatic heterocycles. The second-order valence-electron chi connectivity index (χ2n) is 4.63. The maximum absolute atomic E-state index is 13.6. The molecular formula is C13H21FN4. The summed E-state index contributed by atoms with van der Waals surface area (Å²) in [7, 11) is 0. The lowest BCUT2D eigenvalue weighted by molar-refractivity contribution is 0.184. The lowest BCUT2D eigenvalue weighted by Gasteiger charge is -2.39. The highest BCUT2D eigenvalue weighted by molar-refractivity contribution is 5.40. The van der Waals surface area contributed by atoms with Crippen molar-refractivity contribution in [3.05, 3.63) is 24.1 Å². The molecule has 1 fully saturated rings. The number of anilines is 1. The molecule has 0 aromatic carbocycles. The van der Waals surface area contributed by atoms with Crippen LogP contribution in [0.1, 0.15) is 13.3 Å². The normalized spacial score (nSPS) is 18.9. The Kier molecular flexibility index (Phi) is 4.49. The topological polar surface area (TPSA) is 45.4 Å². The van der Waals surface area contributed by atoms with Crippen LogP contribution in [-0.4, -0.2) is 48.6 Å². The number of pyridine rings is 1. The smallest absolute Gasteiger partial charge is 0.165 e. The van der Waals surface area contributed by atoms with E-state index in [0.29, 0.717) is 18.4 Å². The van der Waals surface area contributed by atoms with E-state index in [1.54, 1.807) is 12.3 Å². The summed E-state index contributed by atoms with van der Waals surface area (Å²) in [5, 5.41) is 0. The van der Waals surface area contributed by atoms with Gasteiger partial charge in [-0.1, -0.05) is 6.92 Å². The van der Waals surface area contributed by atoms with Crippen LogP contribution >= 0.6 is 0 Å². The largest absolute Gasteiger partial charge is 0.352 e. The Morgan fingerprint density at radius 3 is 2.67 bits per heavy atom. The molecule has 2 N–H and O–H groups in total. The predicted molar refractivity (Wildman–Crippen MR) is 71.1 cm³/mol. The van der Waals surface area contributed by atoms with Gasteiger partial charge in [0.25, 0.3) is 0 Å². The Balaban J connectivity index is 1.96. The first-order valence-corrected chi connectivity index (χ1v) is 6.55. The van der Waals surface area contributed by atoms with E-state index in [0.717, 1.165) is 32.6 Å². The Hall–Kier alpha value is -1.20. The number of hydrogen-bond donors (Lipinski definition) is 1. The monoisotopic (exact) mass is 252 g/mol. The third kappa shape index (κ3) is 2.79. The number of rotatable bonds is 4. The average Bonchev–Trinajstić information content (AvgIpc) is 2.42. The van der Waals surface area contributed by atoms with Gasteiger partial charge in [-0.15, -0.1) is 0 Å². The Morgan fingerprint density at radius 1 is 1.39 bits per heavy atom.